The Labute approximate surface area is 133 Å². The molecule has 1 aliphatic rings. The number of benzene rings is 1. The molecule has 5 heteroatoms. The van der Waals surface area contributed by atoms with Gasteiger partial charge in [0, 0.05) is 19.2 Å². The first-order valence-corrected chi connectivity index (χ1v) is 7.19. The van der Waals surface area contributed by atoms with Crippen molar-refractivity contribution in [1.82, 2.24) is 10.2 Å². The van der Waals surface area contributed by atoms with E-state index in [1.165, 1.54) is 0 Å². The van der Waals surface area contributed by atoms with E-state index in [9.17, 15) is 4.79 Å². The van der Waals surface area contributed by atoms with E-state index in [2.05, 4.69) is 5.32 Å². The average molecular weight is 313 g/mol. The summed E-state index contributed by atoms with van der Waals surface area (Å²) in [6, 6.07) is 7.83. The number of halogens is 1. The number of likely N-dealkylation sites (N-methyl/N-ethyl adjacent to an activating group) is 1. The predicted octanol–water partition coefficient (Wildman–Crippen LogP) is 2.61. The molecule has 1 saturated heterocycles. The largest absolute Gasteiger partial charge is 0.496 e. The second-order valence-corrected chi connectivity index (χ2v) is 5.69. The van der Waals surface area contributed by atoms with Gasteiger partial charge in [-0.2, -0.15) is 0 Å². The van der Waals surface area contributed by atoms with Crippen molar-refractivity contribution in [3.05, 3.63) is 29.8 Å². The van der Waals surface area contributed by atoms with Gasteiger partial charge in [-0.25, -0.2) is 0 Å². The maximum absolute atomic E-state index is 12.6. The number of methoxy groups -OCH3 is 1. The fourth-order valence-electron chi connectivity index (χ4n) is 2.82. The quantitative estimate of drug-likeness (QED) is 0.929. The van der Waals surface area contributed by atoms with Crippen LogP contribution >= 0.6 is 12.4 Å². The molecule has 1 atom stereocenters. The average Bonchev–Trinajstić information content (AvgIpc) is 2.47. The Balaban J connectivity index is 0.00000220. The second kappa shape index (κ2) is 7.66. The molecule has 21 heavy (non-hydrogen) atoms. The smallest absolute Gasteiger partial charge is 0.242 e. The molecular formula is C16H25ClN2O2. The monoisotopic (exact) mass is 312 g/mol. The number of carbonyl (C=O) groups excluding carboxylic acids is 1. The number of ether oxygens (including phenoxy) is 1. The molecule has 0 aliphatic carbocycles. The van der Waals surface area contributed by atoms with Gasteiger partial charge in [-0.3, -0.25) is 4.79 Å². The minimum atomic E-state index is -0.422. The molecule has 1 aromatic carbocycles. The summed E-state index contributed by atoms with van der Waals surface area (Å²) >= 11 is 0. The van der Waals surface area contributed by atoms with Crippen LogP contribution in [0.3, 0.4) is 0 Å². The highest BCUT2D eigenvalue weighted by atomic mass is 35.5. The Bertz CT molecular complexity index is 473. The van der Waals surface area contributed by atoms with Crippen LogP contribution in [-0.2, 0) is 11.3 Å². The molecular weight excluding hydrogens is 288 g/mol. The molecule has 4 nitrogen and oxygen atoms in total. The van der Waals surface area contributed by atoms with E-state index in [1.807, 2.05) is 38.2 Å². The third-order valence-electron chi connectivity index (χ3n) is 4.04. The maximum atomic E-state index is 12.6. The first-order valence-electron chi connectivity index (χ1n) is 7.19. The molecule has 0 radical (unpaired) electrons. The molecule has 1 amide bonds. The number of para-hydroxylation sites is 1. The first kappa shape index (κ1) is 17.8. The molecule has 1 aromatic rings. The molecule has 0 saturated carbocycles. The third kappa shape index (κ3) is 4.11. The highest BCUT2D eigenvalue weighted by Crippen LogP contribution is 2.24. The normalized spacial score (nSPS) is 21.3. The van der Waals surface area contributed by atoms with Crippen LogP contribution < -0.4 is 10.1 Å². The van der Waals surface area contributed by atoms with Crippen LogP contribution in [-0.4, -0.2) is 37.0 Å². The highest BCUT2D eigenvalue weighted by molar-refractivity contribution is 5.86. The zero-order valence-electron chi connectivity index (χ0n) is 13.0. The molecule has 0 spiro atoms. The van der Waals surface area contributed by atoms with Crippen molar-refractivity contribution in [2.45, 2.75) is 38.3 Å². The fourth-order valence-corrected chi connectivity index (χ4v) is 2.82. The summed E-state index contributed by atoms with van der Waals surface area (Å²) in [5.74, 6) is 0.983. The van der Waals surface area contributed by atoms with Crippen molar-refractivity contribution in [1.29, 1.82) is 0 Å². The number of nitrogens with zero attached hydrogens (tertiary/aromatic N) is 1. The fraction of sp³-hybridized carbons (Fsp3) is 0.562. The summed E-state index contributed by atoms with van der Waals surface area (Å²) in [6.45, 7) is 3.50. The summed E-state index contributed by atoms with van der Waals surface area (Å²) in [4.78, 5) is 14.4. The predicted molar refractivity (Wildman–Crippen MR) is 87.0 cm³/mol. The minimum Gasteiger partial charge on any atom is -0.496 e. The van der Waals surface area contributed by atoms with Crippen molar-refractivity contribution in [2.75, 3.05) is 20.7 Å². The lowest BCUT2D eigenvalue weighted by Crippen LogP contribution is -2.57. The Morgan fingerprint density at radius 2 is 2.10 bits per heavy atom. The van der Waals surface area contributed by atoms with Crippen molar-refractivity contribution >= 4 is 18.3 Å². The van der Waals surface area contributed by atoms with E-state index in [0.717, 1.165) is 37.1 Å². The van der Waals surface area contributed by atoms with E-state index in [0.29, 0.717) is 6.54 Å². The molecule has 1 fully saturated rings. The molecule has 2 rings (SSSR count). The lowest BCUT2D eigenvalue weighted by Gasteiger charge is -2.36. The number of nitrogens with one attached hydrogen (secondary N) is 1. The van der Waals surface area contributed by atoms with Crippen LogP contribution in [0, 0.1) is 0 Å². The van der Waals surface area contributed by atoms with Crippen LogP contribution in [0.15, 0.2) is 24.3 Å². The van der Waals surface area contributed by atoms with Gasteiger partial charge in [-0.1, -0.05) is 18.2 Å². The third-order valence-corrected chi connectivity index (χ3v) is 4.04. The van der Waals surface area contributed by atoms with Crippen LogP contribution in [0.5, 0.6) is 5.75 Å². The van der Waals surface area contributed by atoms with Gasteiger partial charge in [0.1, 0.15) is 5.75 Å². The van der Waals surface area contributed by atoms with Gasteiger partial charge in [-0.05, 0) is 38.8 Å². The summed E-state index contributed by atoms with van der Waals surface area (Å²) in [5, 5.41) is 3.37. The minimum absolute atomic E-state index is 0. The standard InChI is InChI=1S/C16H24N2O2.ClH/c1-16(10-6-7-11-17-16)15(19)18(2)12-13-8-4-5-9-14(13)20-3;/h4-5,8-9,17H,6-7,10-12H2,1-3H3;1H. The van der Waals surface area contributed by atoms with Crippen molar-refractivity contribution in [3.63, 3.8) is 0 Å². The van der Waals surface area contributed by atoms with Crippen LogP contribution in [0.1, 0.15) is 31.7 Å². The van der Waals surface area contributed by atoms with Crippen LogP contribution in [0.25, 0.3) is 0 Å². The number of piperidine rings is 1. The van der Waals surface area contributed by atoms with Crippen molar-refractivity contribution in [3.8, 4) is 5.75 Å². The Hall–Kier alpha value is -1.26. The molecule has 1 aliphatic heterocycles. The van der Waals surface area contributed by atoms with E-state index in [1.54, 1.807) is 12.0 Å². The van der Waals surface area contributed by atoms with Crippen molar-refractivity contribution < 1.29 is 9.53 Å². The maximum Gasteiger partial charge on any atom is 0.242 e. The zero-order chi connectivity index (χ0) is 14.6. The molecule has 0 aromatic heterocycles. The number of hydrogen-bond donors (Lipinski definition) is 1. The summed E-state index contributed by atoms with van der Waals surface area (Å²) in [6.07, 6.45) is 3.17. The van der Waals surface area contributed by atoms with Gasteiger partial charge >= 0.3 is 0 Å². The van der Waals surface area contributed by atoms with Gasteiger partial charge < -0.3 is 15.0 Å². The van der Waals surface area contributed by atoms with Gasteiger partial charge in [0.25, 0.3) is 0 Å². The van der Waals surface area contributed by atoms with Crippen LogP contribution in [0.4, 0.5) is 0 Å². The first-order chi connectivity index (χ1) is 9.57. The summed E-state index contributed by atoms with van der Waals surface area (Å²) in [7, 11) is 3.51. The molecule has 118 valence electrons. The SMILES string of the molecule is COc1ccccc1CN(C)C(=O)C1(C)CCCCN1.Cl. The van der Waals surface area contributed by atoms with E-state index in [4.69, 9.17) is 4.74 Å². The van der Waals surface area contributed by atoms with Gasteiger partial charge in [0.15, 0.2) is 0 Å². The second-order valence-electron chi connectivity index (χ2n) is 5.69. The number of carbonyl (C=O) groups is 1. The topological polar surface area (TPSA) is 41.6 Å². The number of amides is 1. The van der Waals surface area contributed by atoms with E-state index in [-0.39, 0.29) is 18.3 Å². The highest BCUT2D eigenvalue weighted by Gasteiger charge is 2.36. The lowest BCUT2D eigenvalue weighted by atomic mass is 9.89. The van der Waals surface area contributed by atoms with E-state index >= 15 is 0 Å². The number of hydrogen-bond acceptors (Lipinski definition) is 3. The van der Waals surface area contributed by atoms with Gasteiger partial charge in [0.05, 0.1) is 12.6 Å². The Morgan fingerprint density at radius 3 is 2.71 bits per heavy atom. The van der Waals surface area contributed by atoms with Crippen LogP contribution in [0.2, 0.25) is 0 Å². The van der Waals surface area contributed by atoms with Crippen molar-refractivity contribution in [2.24, 2.45) is 0 Å². The zero-order valence-corrected chi connectivity index (χ0v) is 13.8. The molecule has 1 N–H and O–H groups in total. The Kier molecular flexibility index (Phi) is 6.49. The van der Waals surface area contributed by atoms with Gasteiger partial charge in [-0.15, -0.1) is 12.4 Å². The molecule has 0 bridgehead atoms. The van der Waals surface area contributed by atoms with Gasteiger partial charge in [0.2, 0.25) is 5.91 Å². The Morgan fingerprint density at radius 1 is 1.38 bits per heavy atom. The molecule has 1 heterocycles. The molecule has 1 unspecified atom stereocenters. The summed E-state index contributed by atoms with van der Waals surface area (Å²) in [5.41, 5.74) is 0.611. The number of rotatable bonds is 4. The van der Waals surface area contributed by atoms with E-state index < -0.39 is 5.54 Å². The lowest BCUT2D eigenvalue weighted by molar-refractivity contribution is -0.137. The summed E-state index contributed by atoms with van der Waals surface area (Å²) < 4.78 is 5.34.